The summed E-state index contributed by atoms with van der Waals surface area (Å²) in [5, 5.41) is 13.4. The topological polar surface area (TPSA) is 75.3 Å². The zero-order valence-corrected chi connectivity index (χ0v) is 13.1. The van der Waals surface area contributed by atoms with E-state index in [-0.39, 0.29) is 5.91 Å². The summed E-state index contributed by atoms with van der Waals surface area (Å²) in [7, 11) is 0. The first kappa shape index (κ1) is 15.3. The molecular formula is C15H24N2O2S. The van der Waals surface area contributed by atoms with Crippen molar-refractivity contribution in [3.63, 3.8) is 0 Å². The molecule has 1 heterocycles. The number of thiophene rings is 1. The number of nitrogens with two attached hydrogens (primary N) is 1. The number of aliphatic hydroxyl groups is 1. The Balaban J connectivity index is 1.87. The molecule has 0 radical (unpaired) electrons. The van der Waals surface area contributed by atoms with Crippen molar-refractivity contribution in [2.24, 2.45) is 5.92 Å². The van der Waals surface area contributed by atoms with Crippen molar-refractivity contribution in [2.75, 3.05) is 12.3 Å². The highest BCUT2D eigenvalue weighted by Gasteiger charge is 2.33. The minimum absolute atomic E-state index is 0.138. The maximum Gasteiger partial charge on any atom is 0.261 e. The molecule has 0 saturated heterocycles. The molecule has 0 aromatic carbocycles. The number of hydrogen-bond donors (Lipinski definition) is 3. The highest BCUT2D eigenvalue weighted by molar-refractivity contribution is 7.14. The second-order valence-corrected chi connectivity index (χ2v) is 7.14. The Kier molecular flexibility index (Phi) is 4.70. The van der Waals surface area contributed by atoms with E-state index in [4.69, 9.17) is 5.73 Å². The predicted octanol–water partition coefficient (Wildman–Crippen LogP) is 2.70. The first-order valence-electron chi connectivity index (χ1n) is 7.30. The summed E-state index contributed by atoms with van der Waals surface area (Å²) in [6.07, 6.45) is 4.83. The van der Waals surface area contributed by atoms with E-state index in [1.54, 1.807) is 6.07 Å². The van der Waals surface area contributed by atoms with E-state index < -0.39 is 5.60 Å². The molecule has 2 rings (SSSR count). The van der Waals surface area contributed by atoms with Gasteiger partial charge in [0.1, 0.15) is 0 Å². The Bertz CT molecular complexity index is 457. The van der Waals surface area contributed by atoms with Crippen LogP contribution in [0.15, 0.2) is 6.07 Å². The van der Waals surface area contributed by atoms with Gasteiger partial charge in [0.25, 0.3) is 5.91 Å². The van der Waals surface area contributed by atoms with Crippen LogP contribution < -0.4 is 11.1 Å². The molecule has 1 amide bonds. The van der Waals surface area contributed by atoms with Crippen LogP contribution in [0.2, 0.25) is 0 Å². The molecule has 0 aliphatic heterocycles. The smallest absolute Gasteiger partial charge is 0.261 e. The summed E-state index contributed by atoms with van der Waals surface area (Å²) >= 11 is 1.39. The molecule has 1 aromatic rings. The van der Waals surface area contributed by atoms with Gasteiger partial charge in [0, 0.05) is 17.1 Å². The number of carbonyl (C=O) groups excluding carboxylic acids is 1. The van der Waals surface area contributed by atoms with E-state index in [9.17, 15) is 9.90 Å². The molecule has 1 aliphatic rings. The van der Waals surface area contributed by atoms with Gasteiger partial charge in [-0.15, -0.1) is 11.3 Å². The molecule has 0 spiro atoms. The lowest BCUT2D eigenvalue weighted by Gasteiger charge is -2.35. The van der Waals surface area contributed by atoms with Gasteiger partial charge in [-0.25, -0.2) is 0 Å². The molecule has 5 heteroatoms. The first-order valence-corrected chi connectivity index (χ1v) is 8.11. The molecule has 4 N–H and O–H groups in total. The number of anilines is 1. The van der Waals surface area contributed by atoms with Gasteiger partial charge in [0.05, 0.1) is 10.5 Å². The third-order valence-corrected chi connectivity index (χ3v) is 5.44. The molecular weight excluding hydrogens is 272 g/mol. The van der Waals surface area contributed by atoms with Gasteiger partial charge in [0.2, 0.25) is 0 Å². The Labute approximate surface area is 124 Å². The number of rotatable bonds is 4. The normalized spacial score (nSPS) is 26.4. The second-order valence-electron chi connectivity index (χ2n) is 5.88. The number of nitrogen functional groups attached to an aromatic ring is 1. The van der Waals surface area contributed by atoms with Gasteiger partial charge in [-0.3, -0.25) is 4.79 Å². The molecule has 1 saturated carbocycles. The standard InChI is InChI=1S/C15H24N2O2S/c1-3-11-4-6-15(19,7-5-11)9-17-14(18)13-8-12(16)10(2)20-13/h8,11,19H,3-7,9,16H2,1-2H3,(H,17,18). The van der Waals surface area contributed by atoms with E-state index in [2.05, 4.69) is 12.2 Å². The van der Waals surface area contributed by atoms with Crippen molar-refractivity contribution in [3.05, 3.63) is 15.8 Å². The number of aryl methyl sites for hydroxylation is 1. The summed E-state index contributed by atoms with van der Waals surface area (Å²) < 4.78 is 0. The van der Waals surface area contributed by atoms with Crippen LogP contribution >= 0.6 is 11.3 Å². The van der Waals surface area contributed by atoms with E-state index in [1.807, 2.05) is 6.92 Å². The average Bonchev–Trinajstić information content (AvgIpc) is 2.77. The monoisotopic (exact) mass is 296 g/mol. The second kappa shape index (κ2) is 6.14. The van der Waals surface area contributed by atoms with Gasteiger partial charge in [0.15, 0.2) is 0 Å². The molecule has 1 fully saturated rings. The minimum atomic E-state index is -0.737. The highest BCUT2D eigenvalue weighted by Crippen LogP contribution is 2.33. The van der Waals surface area contributed by atoms with Gasteiger partial charge in [-0.1, -0.05) is 13.3 Å². The van der Waals surface area contributed by atoms with Crippen molar-refractivity contribution < 1.29 is 9.90 Å². The van der Waals surface area contributed by atoms with Crippen LogP contribution in [-0.2, 0) is 0 Å². The molecule has 4 nitrogen and oxygen atoms in total. The lowest BCUT2D eigenvalue weighted by Crippen LogP contribution is -2.45. The summed E-state index contributed by atoms with van der Waals surface area (Å²) in [4.78, 5) is 13.6. The fourth-order valence-corrected chi connectivity index (χ4v) is 3.60. The van der Waals surface area contributed by atoms with Crippen molar-refractivity contribution in [3.8, 4) is 0 Å². The Morgan fingerprint density at radius 1 is 1.55 bits per heavy atom. The van der Waals surface area contributed by atoms with Gasteiger partial charge < -0.3 is 16.2 Å². The van der Waals surface area contributed by atoms with Crippen LogP contribution in [0.4, 0.5) is 5.69 Å². The van der Waals surface area contributed by atoms with Gasteiger partial charge in [-0.05, 0) is 44.6 Å². The summed E-state index contributed by atoms with van der Waals surface area (Å²) in [6.45, 7) is 4.43. The number of carbonyl (C=O) groups is 1. The molecule has 1 aromatic heterocycles. The third-order valence-electron chi connectivity index (χ3n) is 4.37. The lowest BCUT2D eigenvalue weighted by atomic mass is 9.78. The lowest BCUT2D eigenvalue weighted by molar-refractivity contribution is -0.00783. The van der Waals surface area contributed by atoms with E-state index >= 15 is 0 Å². The Morgan fingerprint density at radius 3 is 2.70 bits per heavy atom. The minimum Gasteiger partial charge on any atom is -0.398 e. The highest BCUT2D eigenvalue weighted by atomic mass is 32.1. The maximum atomic E-state index is 12.0. The third kappa shape index (κ3) is 3.52. The van der Waals surface area contributed by atoms with Crippen molar-refractivity contribution in [1.29, 1.82) is 0 Å². The van der Waals surface area contributed by atoms with Crippen LogP contribution in [0.1, 0.15) is 53.6 Å². The zero-order valence-electron chi connectivity index (χ0n) is 12.2. The van der Waals surface area contributed by atoms with Gasteiger partial charge >= 0.3 is 0 Å². The fourth-order valence-electron chi connectivity index (χ4n) is 2.74. The summed E-state index contributed by atoms with van der Waals surface area (Å²) in [5.74, 6) is 0.589. The summed E-state index contributed by atoms with van der Waals surface area (Å²) in [5.41, 5.74) is 5.67. The predicted molar refractivity (Wildman–Crippen MR) is 83.0 cm³/mol. The molecule has 112 valence electrons. The first-order chi connectivity index (χ1) is 9.43. The van der Waals surface area contributed by atoms with Crippen LogP contribution in [0, 0.1) is 12.8 Å². The average molecular weight is 296 g/mol. The molecule has 0 atom stereocenters. The van der Waals surface area contributed by atoms with Crippen LogP contribution in [-0.4, -0.2) is 23.2 Å². The van der Waals surface area contributed by atoms with Crippen LogP contribution in [0.5, 0.6) is 0 Å². The Hall–Kier alpha value is -1.07. The fraction of sp³-hybridized carbons (Fsp3) is 0.667. The molecule has 20 heavy (non-hydrogen) atoms. The maximum absolute atomic E-state index is 12.0. The molecule has 0 unspecified atom stereocenters. The molecule has 1 aliphatic carbocycles. The Morgan fingerprint density at radius 2 is 2.20 bits per heavy atom. The number of hydrogen-bond acceptors (Lipinski definition) is 4. The SMILES string of the molecule is CCC1CCC(O)(CNC(=O)c2cc(N)c(C)s2)CC1. The van der Waals surface area contributed by atoms with Crippen molar-refractivity contribution in [1.82, 2.24) is 5.32 Å². The molecule has 0 bridgehead atoms. The number of amides is 1. The summed E-state index contributed by atoms with van der Waals surface area (Å²) in [6, 6.07) is 1.70. The van der Waals surface area contributed by atoms with E-state index in [0.717, 1.165) is 36.5 Å². The van der Waals surface area contributed by atoms with Gasteiger partial charge in [-0.2, -0.15) is 0 Å². The van der Waals surface area contributed by atoms with Crippen LogP contribution in [0.25, 0.3) is 0 Å². The van der Waals surface area contributed by atoms with E-state index in [0.29, 0.717) is 17.1 Å². The van der Waals surface area contributed by atoms with Crippen LogP contribution in [0.3, 0.4) is 0 Å². The van der Waals surface area contributed by atoms with Crippen molar-refractivity contribution in [2.45, 2.75) is 51.6 Å². The zero-order chi connectivity index (χ0) is 14.8. The number of nitrogens with one attached hydrogen (secondary N) is 1. The van der Waals surface area contributed by atoms with Crippen molar-refractivity contribution >= 4 is 22.9 Å². The largest absolute Gasteiger partial charge is 0.398 e. The van der Waals surface area contributed by atoms with E-state index in [1.165, 1.54) is 17.8 Å². The quantitative estimate of drug-likeness (QED) is 0.799.